The highest BCUT2D eigenvalue weighted by Gasteiger charge is 2.21. The molecule has 1 saturated carbocycles. The lowest BCUT2D eigenvalue weighted by atomic mass is 9.78. The molecule has 2 heteroatoms. The molecule has 1 aliphatic rings. The van der Waals surface area contributed by atoms with Gasteiger partial charge in [-0.15, -0.1) is 0 Å². The van der Waals surface area contributed by atoms with Crippen molar-refractivity contribution < 1.29 is 8.78 Å². The SMILES string of the molecule is Cc1ccc(C#CC2CCC(c3ccc4cc(F)c(F)cc4c3)CC2)cc1. The van der Waals surface area contributed by atoms with Gasteiger partial charge < -0.3 is 0 Å². The first-order chi connectivity index (χ1) is 13.1. The number of halogens is 2. The molecule has 27 heavy (non-hydrogen) atoms. The molecule has 0 saturated heterocycles. The van der Waals surface area contributed by atoms with Gasteiger partial charge in [-0.1, -0.05) is 47.7 Å². The van der Waals surface area contributed by atoms with Crippen LogP contribution in [0.3, 0.4) is 0 Å². The second-order valence-electron chi connectivity index (χ2n) is 7.56. The van der Waals surface area contributed by atoms with Gasteiger partial charge in [0, 0.05) is 11.5 Å². The Morgan fingerprint density at radius 3 is 2.15 bits per heavy atom. The molecular formula is C25H22F2. The van der Waals surface area contributed by atoms with Crippen LogP contribution in [0.25, 0.3) is 10.8 Å². The Balaban J connectivity index is 1.44. The van der Waals surface area contributed by atoms with Crippen LogP contribution >= 0.6 is 0 Å². The van der Waals surface area contributed by atoms with Crippen molar-refractivity contribution in [2.45, 2.75) is 38.5 Å². The van der Waals surface area contributed by atoms with Crippen LogP contribution in [0.5, 0.6) is 0 Å². The minimum absolute atomic E-state index is 0.439. The summed E-state index contributed by atoms with van der Waals surface area (Å²) in [6.45, 7) is 2.08. The van der Waals surface area contributed by atoms with E-state index >= 15 is 0 Å². The summed E-state index contributed by atoms with van der Waals surface area (Å²) in [7, 11) is 0. The van der Waals surface area contributed by atoms with Crippen molar-refractivity contribution in [2.75, 3.05) is 0 Å². The smallest absolute Gasteiger partial charge is 0.159 e. The molecule has 0 N–H and O–H groups in total. The zero-order chi connectivity index (χ0) is 18.8. The average molecular weight is 360 g/mol. The molecule has 0 amide bonds. The Hall–Kier alpha value is -2.66. The van der Waals surface area contributed by atoms with Gasteiger partial charge in [-0.3, -0.25) is 0 Å². The van der Waals surface area contributed by atoms with E-state index in [1.165, 1.54) is 23.3 Å². The molecule has 136 valence electrons. The fraction of sp³-hybridized carbons (Fsp3) is 0.280. The molecule has 0 radical (unpaired) electrons. The van der Waals surface area contributed by atoms with E-state index in [1.807, 2.05) is 12.1 Å². The van der Waals surface area contributed by atoms with Crippen molar-refractivity contribution in [3.8, 4) is 11.8 Å². The summed E-state index contributed by atoms with van der Waals surface area (Å²) >= 11 is 0. The largest absolute Gasteiger partial charge is 0.204 e. The van der Waals surface area contributed by atoms with Gasteiger partial charge in [-0.05, 0) is 79.1 Å². The summed E-state index contributed by atoms with van der Waals surface area (Å²) in [6.07, 6.45) is 4.34. The maximum absolute atomic E-state index is 13.5. The summed E-state index contributed by atoms with van der Waals surface area (Å²) in [4.78, 5) is 0. The van der Waals surface area contributed by atoms with Gasteiger partial charge in [-0.2, -0.15) is 0 Å². The predicted molar refractivity (Wildman–Crippen MR) is 107 cm³/mol. The second kappa shape index (κ2) is 7.53. The molecule has 4 rings (SSSR count). The molecule has 3 aromatic rings. The van der Waals surface area contributed by atoms with Gasteiger partial charge in [0.05, 0.1) is 0 Å². The lowest BCUT2D eigenvalue weighted by Crippen LogP contribution is -2.12. The molecule has 0 aliphatic heterocycles. The standard InChI is InChI=1S/C25H22F2/c1-17-2-4-18(5-3-17)6-7-19-8-10-20(11-9-19)21-12-13-22-15-24(26)25(27)16-23(22)14-21/h2-5,12-16,19-20H,8-11H2,1H3. The molecule has 0 heterocycles. The molecule has 1 fully saturated rings. The minimum atomic E-state index is -0.789. The quantitative estimate of drug-likeness (QED) is 0.421. The van der Waals surface area contributed by atoms with Crippen LogP contribution < -0.4 is 0 Å². The van der Waals surface area contributed by atoms with E-state index in [4.69, 9.17) is 0 Å². The van der Waals surface area contributed by atoms with Crippen molar-refractivity contribution in [1.29, 1.82) is 0 Å². The number of hydrogen-bond donors (Lipinski definition) is 0. The molecule has 0 spiro atoms. The minimum Gasteiger partial charge on any atom is -0.204 e. The van der Waals surface area contributed by atoms with E-state index in [1.54, 1.807) is 0 Å². The van der Waals surface area contributed by atoms with Crippen molar-refractivity contribution in [1.82, 2.24) is 0 Å². The summed E-state index contributed by atoms with van der Waals surface area (Å²) in [5.74, 6) is 6.08. The number of hydrogen-bond acceptors (Lipinski definition) is 0. The monoisotopic (exact) mass is 360 g/mol. The Morgan fingerprint density at radius 2 is 1.44 bits per heavy atom. The third-order valence-electron chi connectivity index (χ3n) is 5.57. The van der Waals surface area contributed by atoms with Crippen LogP contribution in [0.2, 0.25) is 0 Å². The highest BCUT2D eigenvalue weighted by Crippen LogP contribution is 2.36. The van der Waals surface area contributed by atoms with E-state index in [0.717, 1.165) is 42.0 Å². The molecule has 3 aromatic carbocycles. The summed E-state index contributed by atoms with van der Waals surface area (Å²) in [5, 5.41) is 1.52. The van der Waals surface area contributed by atoms with Gasteiger partial charge in [0.2, 0.25) is 0 Å². The highest BCUT2D eigenvalue weighted by molar-refractivity contribution is 5.83. The zero-order valence-electron chi connectivity index (χ0n) is 15.4. The van der Waals surface area contributed by atoms with Gasteiger partial charge in [0.25, 0.3) is 0 Å². The van der Waals surface area contributed by atoms with Crippen molar-refractivity contribution in [2.24, 2.45) is 5.92 Å². The fourth-order valence-electron chi connectivity index (χ4n) is 3.91. The van der Waals surface area contributed by atoms with Crippen molar-refractivity contribution >= 4 is 10.8 Å². The van der Waals surface area contributed by atoms with E-state index in [-0.39, 0.29) is 0 Å². The Bertz CT molecular complexity index is 1010. The van der Waals surface area contributed by atoms with E-state index in [9.17, 15) is 8.78 Å². The normalized spacial score (nSPS) is 19.5. The van der Waals surface area contributed by atoms with Crippen LogP contribution in [-0.4, -0.2) is 0 Å². The van der Waals surface area contributed by atoms with E-state index in [0.29, 0.717) is 11.8 Å². The maximum Gasteiger partial charge on any atom is 0.159 e. The van der Waals surface area contributed by atoms with Gasteiger partial charge >= 0.3 is 0 Å². The number of fused-ring (bicyclic) bond motifs is 1. The topological polar surface area (TPSA) is 0 Å². The first kappa shape index (κ1) is 17.7. The first-order valence-electron chi connectivity index (χ1n) is 9.55. The molecule has 1 aliphatic carbocycles. The molecule has 0 nitrogen and oxygen atoms in total. The zero-order valence-corrected chi connectivity index (χ0v) is 15.4. The van der Waals surface area contributed by atoms with Gasteiger partial charge in [0.1, 0.15) is 0 Å². The third kappa shape index (κ3) is 4.03. The summed E-state index contributed by atoms with van der Waals surface area (Å²) < 4.78 is 26.9. The second-order valence-corrected chi connectivity index (χ2v) is 7.56. The van der Waals surface area contributed by atoms with Crippen molar-refractivity contribution in [3.63, 3.8) is 0 Å². The fourth-order valence-corrected chi connectivity index (χ4v) is 3.91. The summed E-state index contributed by atoms with van der Waals surface area (Å²) in [6, 6.07) is 16.9. The Kier molecular flexibility index (Phi) is 4.94. The van der Waals surface area contributed by atoms with E-state index < -0.39 is 11.6 Å². The van der Waals surface area contributed by atoms with Crippen molar-refractivity contribution in [3.05, 3.63) is 82.9 Å². The maximum atomic E-state index is 13.5. The summed E-state index contributed by atoms with van der Waals surface area (Å²) in [5.41, 5.74) is 3.55. The molecular weight excluding hydrogens is 338 g/mol. The molecule has 0 atom stereocenters. The average Bonchev–Trinajstić information content (AvgIpc) is 2.68. The third-order valence-corrected chi connectivity index (χ3v) is 5.57. The van der Waals surface area contributed by atoms with E-state index in [2.05, 4.69) is 49.1 Å². The van der Waals surface area contributed by atoms with Crippen LogP contribution in [0.1, 0.15) is 48.3 Å². The van der Waals surface area contributed by atoms with Gasteiger partial charge in [0.15, 0.2) is 11.6 Å². The molecule has 0 unspecified atom stereocenters. The number of aryl methyl sites for hydroxylation is 1. The molecule has 0 aromatic heterocycles. The number of rotatable bonds is 1. The van der Waals surface area contributed by atoms with Crippen LogP contribution in [0.15, 0.2) is 54.6 Å². The molecule has 0 bridgehead atoms. The Labute approximate surface area is 159 Å². The van der Waals surface area contributed by atoms with Crippen LogP contribution in [-0.2, 0) is 0 Å². The lowest BCUT2D eigenvalue weighted by molar-refractivity contribution is 0.385. The highest BCUT2D eigenvalue weighted by atomic mass is 19.2. The predicted octanol–water partition coefficient (Wildman–Crippen LogP) is 6.75. The first-order valence-corrected chi connectivity index (χ1v) is 9.55. The lowest BCUT2D eigenvalue weighted by Gasteiger charge is -2.26. The van der Waals surface area contributed by atoms with Gasteiger partial charge in [-0.25, -0.2) is 8.78 Å². The van der Waals surface area contributed by atoms with Crippen LogP contribution in [0.4, 0.5) is 8.78 Å². The Morgan fingerprint density at radius 1 is 0.778 bits per heavy atom. The van der Waals surface area contributed by atoms with Crippen LogP contribution in [0, 0.1) is 36.3 Å². The number of benzene rings is 3.